The zero-order valence-corrected chi connectivity index (χ0v) is 11.7. The van der Waals surface area contributed by atoms with Crippen LogP contribution < -0.4 is 5.73 Å². The van der Waals surface area contributed by atoms with Crippen LogP contribution in [0.3, 0.4) is 0 Å². The third-order valence-electron chi connectivity index (χ3n) is 3.08. The van der Waals surface area contributed by atoms with Crippen LogP contribution in [0, 0.1) is 11.3 Å². The molecule has 0 saturated carbocycles. The van der Waals surface area contributed by atoms with Crippen molar-refractivity contribution in [1.82, 2.24) is 4.90 Å². The summed E-state index contributed by atoms with van der Waals surface area (Å²) in [5, 5.41) is 0. The average Bonchev–Trinajstić information content (AvgIpc) is 2.18. The lowest BCUT2D eigenvalue weighted by molar-refractivity contribution is 0.0377. The second kappa shape index (κ2) is 7.49. The predicted molar refractivity (Wildman–Crippen MR) is 71.1 cm³/mol. The van der Waals surface area contributed by atoms with E-state index in [4.69, 9.17) is 10.5 Å². The van der Waals surface area contributed by atoms with Crippen LogP contribution in [0.5, 0.6) is 0 Å². The molecule has 0 aromatic heterocycles. The van der Waals surface area contributed by atoms with Gasteiger partial charge in [-0.25, -0.2) is 0 Å². The molecule has 1 rings (SSSR count). The molecule has 1 saturated heterocycles. The average molecular weight is 251 g/mol. The van der Waals surface area contributed by atoms with E-state index >= 15 is 0 Å². The molecule has 0 amide bonds. The normalized spacial score (nSPS) is 21.9. The van der Waals surface area contributed by atoms with E-state index in [1.807, 2.05) is 0 Å². The SMILES string of the molecule is CN(CC1CCCOC1)CC(C)(C)CN.Cl. The molecular formula is C12H27ClN2O. The molecule has 2 N–H and O–H groups in total. The summed E-state index contributed by atoms with van der Waals surface area (Å²) in [6.45, 7) is 9.30. The summed E-state index contributed by atoms with van der Waals surface area (Å²) in [4.78, 5) is 2.40. The van der Waals surface area contributed by atoms with E-state index in [1.165, 1.54) is 12.8 Å². The van der Waals surface area contributed by atoms with E-state index in [-0.39, 0.29) is 17.8 Å². The van der Waals surface area contributed by atoms with Gasteiger partial charge in [-0.15, -0.1) is 12.4 Å². The van der Waals surface area contributed by atoms with Gasteiger partial charge in [0.15, 0.2) is 0 Å². The molecule has 0 aromatic rings. The van der Waals surface area contributed by atoms with Crippen molar-refractivity contribution in [1.29, 1.82) is 0 Å². The Morgan fingerprint density at radius 3 is 2.62 bits per heavy atom. The monoisotopic (exact) mass is 250 g/mol. The highest BCUT2D eigenvalue weighted by Gasteiger charge is 2.21. The minimum absolute atomic E-state index is 0. The molecule has 0 aliphatic carbocycles. The molecule has 98 valence electrons. The number of rotatable bonds is 5. The summed E-state index contributed by atoms with van der Waals surface area (Å²) in [5.41, 5.74) is 5.96. The van der Waals surface area contributed by atoms with Crippen LogP contribution in [-0.4, -0.2) is 44.8 Å². The highest BCUT2D eigenvalue weighted by molar-refractivity contribution is 5.85. The number of nitrogens with two attached hydrogens (primary N) is 1. The molecule has 1 heterocycles. The van der Waals surface area contributed by atoms with Crippen molar-refractivity contribution in [2.24, 2.45) is 17.1 Å². The fourth-order valence-corrected chi connectivity index (χ4v) is 2.25. The smallest absolute Gasteiger partial charge is 0.0506 e. The molecule has 4 heteroatoms. The van der Waals surface area contributed by atoms with Crippen molar-refractivity contribution >= 4 is 12.4 Å². The Labute approximate surface area is 106 Å². The number of hydrogen-bond acceptors (Lipinski definition) is 3. The van der Waals surface area contributed by atoms with E-state index in [9.17, 15) is 0 Å². The minimum atomic E-state index is 0. The van der Waals surface area contributed by atoms with E-state index in [1.54, 1.807) is 0 Å². The summed E-state index contributed by atoms with van der Waals surface area (Å²) < 4.78 is 5.49. The molecule has 1 atom stereocenters. The van der Waals surface area contributed by atoms with E-state index < -0.39 is 0 Å². The van der Waals surface area contributed by atoms with Crippen molar-refractivity contribution in [3.63, 3.8) is 0 Å². The van der Waals surface area contributed by atoms with Crippen LogP contribution in [0.25, 0.3) is 0 Å². The molecule has 16 heavy (non-hydrogen) atoms. The second-order valence-electron chi connectivity index (χ2n) is 5.65. The Morgan fingerprint density at radius 2 is 2.12 bits per heavy atom. The maximum atomic E-state index is 5.74. The van der Waals surface area contributed by atoms with Crippen LogP contribution >= 0.6 is 12.4 Å². The second-order valence-corrected chi connectivity index (χ2v) is 5.65. The van der Waals surface area contributed by atoms with E-state index in [0.29, 0.717) is 0 Å². The highest BCUT2D eigenvalue weighted by Crippen LogP contribution is 2.18. The molecule has 0 radical (unpaired) electrons. The van der Waals surface area contributed by atoms with Crippen LogP contribution in [0.1, 0.15) is 26.7 Å². The van der Waals surface area contributed by atoms with Gasteiger partial charge in [-0.3, -0.25) is 0 Å². The van der Waals surface area contributed by atoms with Crippen molar-refractivity contribution in [2.45, 2.75) is 26.7 Å². The molecule has 0 aromatic carbocycles. The number of ether oxygens (including phenoxy) is 1. The number of hydrogen-bond donors (Lipinski definition) is 1. The first-order chi connectivity index (χ1) is 7.03. The molecule has 3 nitrogen and oxygen atoms in total. The number of halogens is 1. The summed E-state index contributed by atoms with van der Waals surface area (Å²) in [5.74, 6) is 0.720. The van der Waals surface area contributed by atoms with Gasteiger partial charge in [0.05, 0.1) is 6.61 Å². The van der Waals surface area contributed by atoms with Crippen molar-refractivity contribution in [3.05, 3.63) is 0 Å². The molecule has 1 aliphatic heterocycles. The van der Waals surface area contributed by atoms with E-state index in [2.05, 4.69) is 25.8 Å². The summed E-state index contributed by atoms with van der Waals surface area (Å²) in [6, 6.07) is 0. The zero-order chi connectivity index (χ0) is 11.3. The lowest BCUT2D eigenvalue weighted by Gasteiger charge is -2.32. The van der Waals surface area contributed by atoms with Gasteiger partial charge in [-0.2, -0.15) is 0 Å². The van der Waals surface area contributed by atoms with Gasteiger partial charge in [0, 0.05) is 19.7 Å². The fraction of sp³-hybridized carbons (Fsp3) is 1.00. The summed E-state index contributed by atoms with van der Waals surface area (Å²) in [6.07, 6.45) is 2.53. The molecule has 1 aliphatic rings. The van der Waals surface area contributed by atoms with Gasteiger partial charge in [0.2, 0.25) is 0 Å². The first-order valence-corrected chi connectivity index (χ1v) is 6.00. The fourth-order valence-electron chi connectivity index (χ4n) is 2.25. The van der Waals surface area contributed by atoms with Crippen LogP contribution in [0.4, 0.5) is 0 Å². The van der Waals surface area contributed by atoms with Crippen molar-refractivity contribution in [3.8, 4) is 0 Å². The van der Waals surface area contributed by atoms with Crippen LogP contribution in [0.2, 0.25) is 0 Å². The van der Waals surface area contributed by atoms with Gasteiger partial charge in [-0.05, 0) is 37.8 Å². The standard InChI is InChI=1S/C12H26N2O.ClH/c1-12(2,9-13)10-14(3)7-11-5-4-6-15-8-11;/h11H,4-10,13H2,1-3H3;1H. The Morgan fingerprint density at radius 1 is 1.44 bits per heavy atom. The maximum Gasteiger partial charge on any atom is 0.0506 e. The summed E-state index contributed by atoms with van der Waals surface area (Å²) >= 11 is 0. The Hall–Kier alpha value is 0.170. The molecule has 0 spiro atoms. The highest BCUT2D eigenvalue weighted by atomic mass is 35.5. The number of nitrogens with zero attached hydrogens (tertiary/aromatic N) is 1. The summed E-state index contributed by atoms with van der Waals surface area (Å²) in [7, 11) is 2.19. The predicted octanol–water partition coefficient (Wildman–Crippen LogP) is 1.75. The zero-order valence-electron chi connectivity index (χ0n) is 10.9. The Kier molecular flexibility index (Phi) is 7.57. The van der Waals surface area contributed by atoms with Crippen molar-refractivity contribution < 1.29 is 4.74 Å². The first kappa shape index (κ1) is 16.2. The van der Waals surface area contributed by atoms with E-state index in [0.717, 1.165) is 38.8 Å². The van der Waals surface area contributed by atoms with Crippen LogP contribution in [-0.2, 0) is 4.74 Å². The largest absolute Gasteiger partial charge is 0.381 e. The van der Waals surface area contributed by atoms with Gasteiger partial charge in [0.25, 0.3) is 0 Å². The maximum absolute atomic E-state index is 5.74. The first-order valence-electron chi connectivity index (χ1n) is 6.00. The Balaban J connectivity index is 0.00000225. The van der Waals surface area contributed by atoms with Gasteiger partial charge >= 0.3 is 0 Å². The molecule has 1 unspecified atom stereocenters. The van der Waals surface area contributed by atoms with Gasteiger partial charge in [0.1, 0.15) is 0 Å². The molecule has 0 bridgehead atoms. The van der Waals surface area contributed by atoms with Crippen LogP contribution in [0.15, 0.2) is 0 Å². The van der Waals surface area contributed by atoms with Gasteiger partial charge in [-0.1, -0.05) is 13.8 Å². The van der Waals surface area contributed by atoms with Crippen molar-refractivity contribution in [2.75, 3.05) is 39.9 Å². The topological polar surface area (TPSA) is 38.5 Å². The minimum Gasteiger partial charge on any atom is -0.381 e. The quantitative estimate of drug-likeness (QED) is 0.808. The van der Waals surface area contributed by atoms with Gasteiger partial charge < -0.3 is 15.4 Å². The Bertz CT molecular complexity index is 182. The third-order valence-corrected chi connectivity index (χ3v) is 3.08. The third kappa shape index (κ3) is 6.04. The lowest BCUT2D eigenvalue weighted by atomic mass is 9.92. The lowest BCUT2D eigenvalue weighted by Crippen LogP contribution is -2.40. The molecular weight excluding hydrogens is 224 g/mol. The molecule has 1 fully saturated rings.